The van der Waals surface area contributed by atoms with Gasteiger partial charge in [0, 0.05) is 38.3 Å². The predicted molar refractivity (Wildman–Crippen MR) is 89.0 cm³/mol. The minimum Gasteiger partial charge on any atom is -0.368 e. The van der Waals surface area contributed by atoms with Crippen molar-refractivity contribution in [3.05, 3.63) is 45.6 Å². The van der Waals surface area contributed by atoms with Crippen LogP contribution in [0.4, 0.5) is 23.1 Å². The zero-order valence-electron chi connectivity index (χ0n) is 12.2. The number of halogens is 1. The Kier molecular flexibility index (Phi) is 4.16. The van der Waals surface area contributed by atoms with Crippen molar-refractivity contribution in [1.82, 2.24) is 9.97 Å². The van der Waals surface area contributed by atoms with E-state index in [1.807, 2.05) is 9.80 Å². The maximum absolute atomic E-state index is 11.1. The van der Waals surface area contributed by atoms with Gasteiger partial charge in [-0.25, -0.2) is 4.98 Å². The number of nitrogens with zero attached hydrogens (tertiary/aromatic N) is 5. The molecule has 1 aliphatic heterocycles. The van der Waals surface area contributed by atoms with Crippen LogP contribution in [0.15, 0.2) is 30.3 Å². The Morgan fingerprint density at radius 2 is 1.78 bits per heavy atom. The van der Waals surface area contributed by atoms with Crippen LogP contribution in [0.2, 0.25) is 5.15 Å². The molecule has 2 N–H and O–H groups in total. The van der Waals surface area contributed by atoms with Crippen molar-refractivity contribution in [2.45, 2.75) is 0 Å². The molecule has 3 rings (SSSR count). The van der Waals surface area contributed by atoms with Crippen LogP contribution in [-0.2, 0) is 0 Å². The van der Waals surface area contributed by atoms with Crippen LogP contribution in [0.1, 0.15) is 0 Å². The van der Waals surface area contributed by atoms with Gasteiger partial charge in [0.05, 0.1) is 4.92 Å². The van der Waals surface area contributed by atoms with Crippen molar-refractivity contribution in [3.8, 4) is 0 Å². The first-order valence-electron chi connectivity index (χ1n) is 7.08. The summed E-state index contributed by atoms with van der Waals surface area (Å²) in [7, 11) is 0. The second kappa shape index (κ2) is 6.25. The van der Waals surface area contributed by atoms with Gasteiger partial charge in [0.25, 0.3) is 5.69 Å². The Hall–Kier alpha value is -2.61. The number of para-hydroxylation sites is 2. The molecule has 1 saturated heterocycles. The molecule has 0 bridgehead atoms. The fourth-order valence-electron chi connectivity index (χ4n) is 2.65. The first-order chi connectivity index (χ1) is 11.0. The van der Waals surface area contributed by atoms with Gasteiger partial charge in [0.2, 0.25) is 5.95 Å². The molecule has 2 heterocycles. The molecule has 1 fully saturated rings. The molecule has 0 amide bonds. The van der Waals surface area contributed by atoms with Gasteiger partial charge in [0.1, 0.15) is 16.7 Å². The van der Waals surface area contributed by atoms with E-state index in [-0.39, 0.29) is 16.6 Å². The molecular weight excluding hydrogens is 320 g/mol. The Bertz CT molecular complexity index is 713. The van der Waals surface area contributed by atoms with E-state index >= 15 is 0 Å². The Balaban J connectivity index is 1.75. The monoisotopic (exact) mass is 334 g/mol. The molecule has 1 aromatic heterocycles. The summed E-state index contributed by atoms with van der Waals surface area (Å²) in [6.45, 7) is 2.62. The van der Waals surface area contributed by atoms with E-state index in [1.165, 1.54) is 6.07 Å². The molecule has 2 aromatic rings. The number of anilines is 3. The first-order valence-corrected chi connectivity index (χ1v) is 7.46. The molecule has 23 heavy (non-hydrogen) atoms. The van der Waals surface area contributed by atoms with Crippen LogP contribution in [0.25, 0.3) is 0 Å². The number of benzene rings is 1. The van der Waals surface area contributed by atoms with E-state index in [0.29, 0.717) is 42.8 Å². The number of piperazine rings is 1. The number of hydrogen-bond acceptors (Lipinski definition) is 7. The molecule has 0 aliphatic carbocycles. The first kappa shape index (κ1) is 15.3. The second-order valence-corrected chi connectivity index (χ2v) is 5.51. The Morgan fingerprint density at radius 3 is 2.43 bits per heavy atom. The van der Waals surface area contributed by atoms with Crippen molar-refractivity contribution in [2.24, 2.45) is 0 Å². The molecule has 9 heteroatoms. The SMILES string of the molecule is Nc1nc(Cl)cc(N2CCN(c3ccccc3[N+](=O)[O-])CC2)n1. The normalized spacial score (nSPS) is 14.8. The number of nitro benzene ring substituents is 1. The lowest BCUT2D eigenvalue weighted by atomic mass is 10.2. The zero-order valence-corrected chi connectivity index (χ0v) is 13.0. The largest absolute Gasteiger partial charge is 0.368 e. The summed E-state index contributed by atoms with van der Waals surface area (Å²) in [5, 5.41) is 11.4. The molecule has 0 spiro atoms. The lowest BCUT2D eigenvalue weighted by Crippen LogP contribution is -2.47. The number of hydrogen-bond donors (Lipinski definition) is 1. The molecule has 1 aromatic carbocycles. The zero-order chi connectivity index (χ0) is 16.4. The number of rotatable bonds is 3. The summed E-state index contributed by atoms with van der Waals surface area (Å²) in [6.07, 6.45) is 0. The minimum absolute atomic E-state index is 0.121. The van der Waals surface area contributed by atoms with E-state index < -0.39 is 0 Å². The van der Waals surface area contributed by atoms with E-state index in [4.69, 9.17) is 17.3 Å². The van der Waals surface area contributed by atoms with Crippen LogP contribution in [0.5, 0.6) is 0 Å². The van der Waals surface area contributed by atoms with Gasteiger partial charge in [-0.15, -0.1) is 0 Å². The Labute approximate surface area is 137 Å². The number of nitrogens with two attached hydrogens (primary N) is 1. The van der Waals surface area contributed by atoms with Crippen molar-refractivity contribution < 1.29 is 4.92 Å². The Morgan fingerprint density at radius 1 is 1.13 bits per heavy atom. The predicted octanol–water partition coefficient (Wildman–Crippen LogP) is 1.95. The summed E-state index contributed by atoms with van der Waals surface area (Å²) in [6, 6.07) is 8.43. The molecule has 0 atom stereocenters. The third kappa shape index (κ3) is 3.26. The lowest BCUT2D eigenvalue weighted by Gasteiger charge is -2.36. The fourth-order valence-corrected chi connectivity index (χ4v) is 2.83. The fraction of sp³-hybridized carbons (Fsp3) is 0.286. The van der Waals surface area contributed by atoms with Crippen LogP contribution in [-0.4, -0.2) is 41.1 Å². The molecule has 120 valence electrons. The summed E-state index contributed by atoms with van der Waals surface area (Å²) < 4.78 is 0. The van der Waals surface area contributed by atoms with Crippen LogP contribution < -0.4 is 15.5 Å². The van der Waals surface area contributed by atoms with Gasteiger partial charge in [0.15, 0.2) is 0 Å². The molecule has 0 unspecified atom stereocenters. The molecular formula is C14H15ClN6O2. The van der Waals surface area contributed by atoms with Crippen molar-refractivity contribution in [2.75, 3.05) is 41.7 Å². The maximum Gasteiger partial charge on any atom is 0.292 e. The van der Waals surface area contributed by atoms with E-state index in [9.17, 15) is 10.1 Å². The van der Waals surface area contributed by atoms with E-state index in [1.54, 1.807) is 24.3 Å². The molecule has 1 aliphatic rings. The highest BCUT2D eigenvalue weighted by atomic mass is 35.5. The van der Waals surface area contributed by atoms with Gasteiger partial charge in [-0.1, -0.05) is 23.7 Å². The van der Waals surface area contributed by atoms with Gasteiger partial charge in [-0.05, 0) is 6.07 Å². The third-order valence-corrected chi connectivity index (χ3v) is 3.92. The van der Waals surface area contributed by atoms with Gasteiger partial charge in [-0.2, -0.15) is 4.98 Å². The summed E-state index contributed by atoms with van der Waals surface area (Å²) in [5.74, 6) is 0.804. The van der Waals surface area contributed by atoms with Gasteiger partial charge >= 0.3 is 0 Å². The molecule has 8 nitrogen and oxygen atoms in total. The van der Waals surface area contributed by atoms with Crippen molar-refractivity contribution in [3.63, 3.8) is 0 Å². The van der Waals surface area contributed by atoms with Crippen LogP contribution in [0, 0.1) is 10.1 Å². The van der Waals surface area contributed by atoms with Crippen LogP contribution in [0.3, 0.4) is 0 Å². The number of nitro groups is 1. The van der Waals surface area contributed by atoms with E-state index in [0.717, 1.165) is 0 Å². The highest BCUT2D eigenvalue weighted by molar-refractivity contribution is 6.29. The number of aromatic nitrogens is 2. The number of nitrogen functional groups attached to an aromatic ring is 1. The van der Waals surface area contributed by atoms with Crippen molar-refractivity contribution >= 4 is 34.7 Å². The smallest absolute Gasteiger partial charge is 0.292 e. The van der Waals surface area contributed by atoms with Crippen molar-refractivity contribution in [1.29, 1.82) is 0 Å². The summed E-state index contributed by atoms with van der Waals surface area (Å²) >= 11 is 5.91. The third-order valence-electron chi connectivity index (χ3n) is 3.72. The quantitative estimate of drug-likeness (QED) is 0.520. The van der Waals surface area contributed by atoms with Gasteiger partial charge < -0.3 is 15.5 Å². The lowest BCUT2D eigenvalue weighted by molar-refractivity contribution is -0.384. The maximum atomic E-state index is 11.1. The highest BCUT2D eigenvalue weighted by Gasteiger charge is 2.24. The van der Waals surface area contributed by atoms with Crippen LogP contribution >= 0.6 is 11.6 Å². The van der Waals surface area contributed by atoms with E-state index in [2.05, 4.69) is 9.97 Å². The topological polar surface area (TPSA) is 101 Å². The highest BCUT2D eigenvalue weighted by Crippen LogP contribution is 2.29. The minimum atomic E-state index is -0.355. The average molecular weight is 335 g/mol. The van der Waals surface area contributed by atoms with Gasteiger partial charge in [-0.3, -0.25) is 10.1 Å². The summed E-state index contributed by atoms with van der Waals surface area (Å²) in [4.78, 5) is 22.9. The standard InChI is InChI=1S/C14H15ClN6O2/c15-12-9-13(18-14(16)17-12)20-7-5-19(6-8-20)10-3-1-2-4-11(10)21(22)23/h1-4,9H,5-8H2,(H2,16,17,18). The summed E-state index contributed by atoms with van der Waals surface area (Å²) in [5.41, 5.74) is 6.38. The second-order valence-electron chi connectivity index (χ2n) is 5.13. The molecule has 0 radical (unpaired) electrons. The average Bonchev–Trinajstić information content (AvgIpc) is 2.54. The molecule has 0 saturated carbocycles.